The number of carbonyl (C=O) groups is 1. The first-order chi connectivity index (χ1) is 7.22. The van der Waals surface area contributed by atoms with Crippen molar-refractivity contribution in [3.05, 3.63) is 0 Å². The molecule has 7 heteroatoms. The third-order valence-corrected chi connectivity index (χ3v) is 1.84. The number of carbonyl (C=O) groups excluding carboxylic acids is 1. The van der Waals surface area contributed by atoms with Crippen molar-refractivity contribution in [2.45, 2.75) is 38.5 Å². The average Bonchev–Trinajstić information content (AvgIpc) is 2.24. The van der Waals surface area contributed by atoms with E-state index in [4.69, 9.17) is 0 Å². The molecule has 0 aromatic carbocycles. The standard InChI is InChI=1S/C9H14F4O3/c1-3-8(10,11)5-15-7(14)16-6-9(12,13)4-2/h3-6H2,1-2H3. The highest BCUT2D eigenvalue weighted by Gasteiger charge is 2.31. The Morgan fingerprint density at radius 3 is 1.50 bits per heavy atom. The van der Waals surface area contributed by atoms with Crippen LogP contribution in [0.25, 0.3) is 0 Å². The van der Waals surface area contributed by atoms with Crippen LogP contribution in [0, 0.1) is 0 Å². The summed E-state index contributed by atoms with van der Waals surface area (Å²) in [5, 5.41) is 0. The minimum Gasteiger partial charge on any atom is -0.428 e. The van der Waals surface area contributed by atoms with Gasteiger partial charge >= 0.3 is 6.16 Å². The molecule has 96 valence electrons. The largest absolute Gasteiger partial charge is 0.508 e. The van der Waals surface area contributed by atoms with Gasteiger partial charge in [-0.15, -0.1) is 0 Å². The first-order valence-electron chi connectivity index (χ1n) is 4.77. The van der Waals surface area contributed by atoms with Crippen molar-refractivity contribution in [1.29, 1.82) is 0 Å². The highest BCUT2D eigenvalue weighted by atomic mass is 19.3. The van der Waals surface area contributed by atoms with Crippen LogP contribution < -0.4 is 0 Å². The molecule has 0 saturated carbocycles. The highest BCUT2D eigenvalue weighted by Crippen LogP contribution is 2.20. The summed E-state index contributed by atoms with van der Waals surface area (Å²) >= 11 is 0. The van der Waals surface area contributed by atoms with Crippen molar-refractivity contribution in [3.8, 4) is 0 Å². The van der Waals surface area contributed by atoms with E-state index in [2.05, 4.69) is 9.47 Å². The Morgan fingerprint density at radius 2 is 1.25 bits per heavy atom. The van der Waals surface area contributed by atoms with Crippen molar-refractivity contribution in [2.75, 3.05) is 13.2 Å². The van der Waals surface area contributed by atoms with Crippen LogP contribution in [0.3, 0.4) is 0 Å². The molecule has 0 rings (SSSR count). The van der Waals surface area contributed by atoms with Crippen LogP contribution in [-0.2, 0) is 9.47 Å². The summed E-state index contributed by atoms with van der Waals surface area (Å²) in [6, 6.07) is 0. The molecule has 3 nitrogen and oxygen atoms in total. The van der Waals surface area contributed by atoms with Gasteiger partial charge in [-0.2, -0.15) is 0 Å². The molecule has 16 heavy (non-hydrogen) atoms. The second kappa shape index (κ2) is 5.91. The van der Waals surface area contributed by atoms with Gasteiger partial charge in [-0.1, -0.05) is 13.8 Å². The van der Waals surface area contributed by atoms with E-state index in [9.17, 15) is 22.4 Å². The van der Waals surface area contributed by atoms with Crippen LogP contribution in [-0.4, -0.2) is 31.2 Å². The fraction of sp³-hybridized carbons (Fsp3) is 0.889. The van der Waals surface area contributed by atoms with Crippen molar-refractivity contribution in [3.63, 3.8) is 0 Å². The number of alkyl halides is 4. The molecule has 0 heterocycles. The van der Waals surface area contributed by atoms with Crippen LogP contribution in [0.1, 0.15) is 26.7 Å². The molecule has 0 unspecified atom stereocenters. The Bertz CT molecular complexity index is 209. The Labute approximate surface area is 90.7 Å². The number of ether oxygens (including phenoxy) is 2. The number of rotatable bonds is 6. The molecule has 0 fully saturated rings. The van der Waals surface area contributed by atoms with Crippen LogP contribution in [0.5, 0.6) is 0 Å². The molecule has 0 aliphatic rings. The van der Waals surface area contributed by atoms with E-state index in [1.807, 2.05) is 0 Å². The second-order valence-corrected chi connectivity index (χ2v) is 3.25. The van der Waals surface area contributed by atoms with Gasteiger partial charge in [-0.05, 0) is 0 Å². The van der Waals surface area contributed by atoms with Gasteiger partial charge in [0.05, 0.1) is 0 Å². The fourth-order valence-corrected chi connectivity index (χ4v) is 0.575. The maximum absolute atomic E-state index is 12.6. The van der Waals surface area contributed by atoms with Gasteiger partial charge < -0.3 is 9.47 Å². The summed E-state index contributed by atoms with van der Waals surface area (Å²) in [6.07, 6.45) is -2.53. The molecule has 0 N–H and O–H groups in total. The van der Waals surface area contributed by atoms with E-state index >= 15 is 0 Å². The summed E-state index contributed by atoms with van der Waals surface area (Å²) in [5.74, 6) is -6.32. The summed E-state index contributed by atoms with van der Waals surface area (Å²) in [4.78, 5) is 10.7. The fourth-order valence-electron chi connectivity index (χ4n) is 0.575. The molecule has 0 aliphatic heterocycles. The van der Waals surface area contributed by atoms with E-state index in [-0.39, 0.29) is 0 Å². The molecule has 0 amide bonds. The molecule has 0 radical (unpaired) electrons. The van der Waals surface area contributed by atoms with E-state index in [0.29, 0.717) is 0 Å². The van der Waals surface area contributed by atoms with Crippen LogP contribution in [0.2, 0.25) is 0 Å². The van der Waals surface area contributed by atoms with E-state index in [1.165, 1.54) is 13.8 Å². The van der Waals surface area contributed by atoms with E-state index in [0.717, 1.165) is 0 Å². The zero-order chi connectivity index (χ0) is 12.8. The lowest BCUT2D eigenvalue weighted by Crippen LogP contribution is -2.28. The van der Waals surface area contributed by atoms with E-state index in [1.54, 1.807) is 0 Å². The van der Waals surface area contributed by atoms with Crippen molar-refractivity contribution in [2.24, 2.45) is 0 Å². The minimum atomic E-state index is -3.16. The first-order valence-corrected chi connectivity index (χ1v) is 4.77. The first kappa shape index (κ1) is 15.0. The summed E-state index contributed by atoms with van der Waals surface area (Å²) in [7, 11) is 0. The van der Waals surface area contributed by atoms with Gasteiger partial charge in [0.1, 0.15) is 0 Å². The quantitative estimate of drug-likeness (QED) is 0.533. The molecule has 0 aromatic heterocycles. The molecule has 0 bridgehead atoms. The van der Waals surface area contributed by atoms with Gasteiger partial charge in [-0.3, -0.25) is 0 Å². The predicted molar refractivity (Wildman–Crippen MR) is 47.8 cm³/mol. The number of hydrogen-bond donors (Lipinski definition) is 0. The van der Waals surface area contributed by atoms with Gasteiger partial charge in [0.25, 0.3) is 11.8 Å². The van der Waals surface area contributed by atoms with E-state index < -0.39 is 44.1 Å². The SMILES string of the molecule is CCC(F)(F)COC(=O)OCC(F)(F)CC. The molecule has 0 aromatic rings. The lowest BCUT2D eigenvalue weighted by molar-refractivity contribution is -0.0951. The Morgan fingerprint density at radius 1 is 0.938 bits per heavy atom. The topological polar surface area (TPSA) is 35.5 Å². The number of hydrogen-bond acceptors (Lipinski definition) is 3. The van der Waals surface area contributed by atoms with Crippen LogP contribution in [0.15, 0.2) is 0 Å². The Balaban J connectivity index is 3.85. The normalized spacial score (nSPS) is 12.4. The van der Waals surface area contributed by atoms with Crippen LogP contribution >= 0.6 is 0 Å². The number of halogens is 4. The highest BCUT2D eigenvalue weighted by molar-refractivity contribution is 5.59. The molecule has 0 atom stereocenters. The summed E-state index contributed by atoms with van der Waals surface area (Å²) in [5.41, 5.74) is 0. The third kappa shape index (κ3) is 6.47. The average molecular weight is 246 g/mol. The Kier molecular flexibility index (Phi) is 5.53. The van der Waals surface area contributed by atoms with Crippen LogP contribution in [0.4, 0.5) is 22.4 Å². The summed E-state index contributed by atoms with van der Waals surface area (Å²) < 4.78 is 58.3. The van der Waals surface area contributed by atoms with Crippen molar-refractivity contribution in [1.82, 2.24) is 0 Å². The van der Waals surface area contributed by atoms with Gasteiger partial charge in [-0.25, -0.2) is 22.4 Å². The molecular formula is C9H14F4O3. The predicted octanol–water partition coefficient (Wildman–Crippen LogP) is 3.23. The van der Waals surface area contributed by atoms with Crippen molar-refractivity contribution >= 4 is 6.16 Å². The third-order valence-electron chi connectivity index (χ3n) is 1.84. The molecule has 0 aliphatic carbocycles. The second-order valence-electron chi connectivity index (χ2n) is 3.25. The molecule has 0 saturated heterocycles. The smallest absolute Gasteiger partial charge is 0.428 e. The monoisotopic (exact) mass is 246 g/mol. The van der Waals surface area contributed by atoms with Crippen molar-refractivity contribution < 1.29 is 31.8 Å². The van der Waals surface area contributed by atoms with Gasteiger partial charge in [0.2, 0.25) is 0 Å². The zero-order valence-electron chi connectivity index (χ0n) is 9.07. The lowest BCUT2D eigenvalue weighted by atomic mass is 10.3. The zero-order valence-corrected chi connectivity index (χ0v) is 9.07. The maximum atomic E-state index is 12.6. The van der Waals surface area contributed by atoms with Gasteiger partial charge in [0, 0.05) is 12.8 Å². The Hall–Kier alpha value is -1.01. The maximum Gasteiger partial charge on any atom is 0.508 e. The molecule has 0 spiro atoms. The lowest BCUT2D eigenvalue weighted by Gasteiger charge is -2.16. The van der Waals surface area contributed by atoms with Gasteiger partial charge in [0.15, 0.2) is 13.2 Å². The molecular weight excluding hydrogens is 232 g/mol. The summed E-state index contributed by atoms with van der Waals surface area (Å²) in [6.45, 7) is 0.0832. The minimum absolute atomic E-state index is 0.509.